The van der Waals surface area contributed by atoms with Crippen LogP contribution in [-0.4, -0.2) is 27.6 Å². The molecule has 0 saturated heterocycles. The third-order valence-electron chi connectivity index (χ3n) is 3.24. The van der Waals surface area contributed by atoms with Crippen molar-refractivity contribution in [2.75, 3.05) is 17.7 Å². The van der Waals surface area contributed by atoms with E-state index in [0.29, 0.717) is 30.5 Å². The fourth-order valence-corrected chi connectivity index (χ4v) is 2.22. The van der Waals surface area contributed by atoms with Crippen molar-refractivity contribution in [2.45, 2.75) is 45.6 Å². The molecule has 1 heterocycles. The number of hydrogen-bond acceptors (Lipinski definition) is 6. The van der Waals surface area contributed by atoms with Gasteiger partial charge in [0.25, 0.3) is 0 Å². The zero-order valence-electron chi connectivity index (χ0n) is 11.0. The minimum atomic E-state index is 0.198. The summed E-state index contributed by atoms with van der Waals surface area (Å²) in [7, 11) is 0. The highest BCUT2D eigenvalue weighted by molar-refractivity contribution is 5.34. The molecule has 2 atom stereocenters. The number of aromatic nitrogens is 3. The van der Waals surface area contributed by atoms with Gasteiger partial charge in [0.2, 0.25) is 11.9 Å². The summed E-state index contributed by atoms with van der Waals surface area (Å²) in [6.45, 7) is 4.86. The molecule has 1 saturated carbocycles. The van der Waals surface area contributed by atoms with E-state index >= 15 is 0 Å². The molecule has 0 radical (unpaired) electrons. The Labute approximate surface area is 107 Å². The molecule has 0 spiro atoms. The van der Waals surface area contributed by atoms with Crippen LogP contribution < -0.4 is 15.8 Å². The molecule has 0 bridgehead atoms. The van der Waals surface area contributed by atoms with Crippen molar-refractivity contribution in [1.29, 1.82) is 0 Å². The largest absolute Gasteiger partial charge is 0.463 e. The molecule has 0 amide bonds. The van der Waals surface area contributed by atoms with Crippen LogP contribution in [0.3, 0.4) is 0 Å². The van der Waals surface area contributed by atoms with Gasteiger partial charge in [-0.25, -0.2) is 0 Å². The van der Waals surface area contributed by atoms with Crippen molar-refractivity contribution in [3.63, 3.8) is 0 Å². The van der Waals surface area contributed by atoms with Crippen molar-refractivity contribution in [3.8, 4) is 6.01 Å². The van der Waals surface area contributed by atoms with Crippen molar-refractivity contribution in [3.05, 3.63) is 0 Å². The Balaban J connectivity index is 2.05. The molecule has 18 heavy (non-hydrogen) atoms. The van der Waals surface area contributed by atoms with Gasteiger partial charge in [-0.3, -0.25) is 0 Å². The first-order valence-corrected chi connectivity index (χ1v) is 6.60. The lowest BCUT2D eigenvalue weighted by Crippen LogP contribution is -2.23. The summed E-state index contributed by atoms with van der Waals surface area (Å²) in [6.07, 6.45) is 4.56. The van der Waals surface area contributed by atoms with Gasteiger partial charge in [0, 0.05) is 6.04 Å². The van der Waals surface area contributed by atoms with Crippen molar-refractivity contribution < 1.29 is 4.74 Å². The normalized spacial score (nSPS) is 23.0. The Kier molecular flexibility index (Phi) is 4.17. The summed E-state index contributed by atoms with van der Waals surface area (Å²) < 4.78 is 5.39. The van der Waals surface area contributed by atoms with Crippen molar-refractivity contribution in [2.24, 2.45) is 5.92 Å². The highest BCUT2D eigenvalue weighted by atomic mass is 16.5. The van der Waals surface area contributed by atoms with Crippen molar-refractivity contribution >= 4 is 11.9 Å². The molecule has 2 unspecified atom stereocenters. The molecule has 1 aliphatic carbocycles. The Hall–Kier alpha value is -1.59. The topological polar surface area (TPSA) is 86.0 Å². The summed E-state index contributed by atoms with van der Waals surface area (Å²) in [5.41, 5.74) is 5.66. The van der Waals surface area contributed by atoms with Crippen molar-refractivity contribution in [1.82, 2.24) is 15.0 Å². The second-order valence-corrected chi connectivity index (χ2v) is 4.81. The average molecular weight is 251 g/mol. The zero-order chi connectivity index (χ0) is 13.0. The summed E-state index contributed by atoms with van der Waals surface area (Å²) in [5, 5.41) is 3.33. The van der Waals surface area contributed by atoms with Gasteiger partial charge in [-0.05, 0) is 25.2 Å². The standard InChI is InChI=1S/C12H21N5O/c1-3-7-18-12-16-10(13)15-11(17-12)14-9-6-4-5-8(9)2/h8-9H,3-7H2,1-2H3,(H3,13,14,15,16,17). The number of nitrogens with one attached hydrogen (secondary N) is 1. The predicted octanol–water partition coefficient (Wildman–Crippen LogP) is 1.84. The quantitative estimate of drug-likeness (QED) is 0.830. The van der Waals surface area contributed by atoms with Gasteiger partial charge in [0.1, 0.15) is 0 Å². The number of ether oxygens (including phenoxy) is 1. The van der Waals surface area contributed by atoms with Crippen LogP contribution >= 0.6 is 0 Å². The van der Waals surface area contributed by atoms with E-state index in [0.717, 1.165) is 12.8 Å². The Morgan fingerprint density at radius 2 is 2.17 bits per heavy atom. The van der Waals surface area contributed by atoms with Gasteiger partial charge in [-0.2, -0.15) is 15.0 Å². The van der Waals surface area contributed by atoms with Gasteiger partial charge in [-0.1, -0.05) is 20.3 Å². The number of nitrogen functional groups attached to an aromatic ring is 1. The smallest absolute Gasteiger partial charge is 0.323 e. The summed E-state index contributed by atoms with van der Waals surface area (Å²) >= 11 is 0. The fraction of sp³-hybridized carbons (Fsp3) is 0.750. The van der Waals surface area contributed by atoms with Gasteiger partial charge in [0.15, 0.2) is 0 Å². The minimum Gasteiger partial charge on any atom is -0.463 e. The number of nitrogens with zero attached hydrogens (tertiary/aromatic N) is 3. The second kappa shape index (κ2) is 5.84. The third-order valence-corrected chi connectivity index (χ3v) is 3.24. The van der Waals surface area contributed by atoms with Crippen LogP contribution in [0.2, 0.25) is 0 Å². The van der Waals surface area contributed by atoms with E-state index in [1.165, 1.54) is 12.8 Å². The van der Waals surface area contributed by atoms with Crippen LogP contribution in [0.1, 0.15) is 39.5 Å². The van der Waals surface area contributed by atoms with Crippen LogP contribution in [0.5, 0.6) is 6.01 Å². The summed E-state index contributed by atoms with van der Waals surface area (Å²) in [6, 6.07) is 0.725. The van der Waals surface area contributed by atoms with E-state index in [2.05, 4.69) is 27.2 Å². The molecule has 6 nitrogen and oxygen atoms in total. The van der Waals surface area contributed by atoms with Crippen LogP contribution in [-0.2, 0) is 0 Å². The molecule has 2 rings (SSSR count). The second-order valence-electron chi connectivity index (χ2n) is 4.81. The maximum absolute atomic E-state index is 5.66. The number of rotatable bonds is 5. The monoisotopic (exact) mass is 251 g/mol. The molecular weight excluding hydrogens is 230 g/mol. The molecule has 100 valence electrons. The Morgan fingerprint density at radius 1 is 1.33 bits per heavy atom. The SMILES string of the molecule is CCCOc1nc(N)nc(NC2CCCC2C)n1. The molecular formula is C12H21N5O. The molecule has 1 aromatic heterocycles. The zero-order valence-corrected chi connectivity index (χ0v) is 11.0. The van der Waals surface area contributed by atoms with Gasteiger partial charge in [-0.15, -0.1) is 0 Å². The molecule has 1 aliphatic rings. The highest BCUT2D eigenvalue weighted by Gasteiger charge is 2.24. The maximum Gasteiger partial charge on any atom is 0.323 e. The van der Waals surface area contributed by atoms with E-state index in [-0.39, 0.29) is 5.95 Å². The highest BCUT2D eigenvalue weighted by Crippen LogP contribution is 2.27. The van der Waals surface area contributed by atoms with Gasteiger partial charge in [0.05, 0.1) is 6.61 Å². The maximum atomic E-state index is 5.66. The van der Waals surface area contributed by atoms with E-state index in [4.69, 9.17) is 10.5 Å². The van der Waals surface area contributed by atoms with Crippen LogP contribution in [0.15, 0.2) is 0 Å². The minimum absolute atomic E-state index is 0.198. The molecule has 0 aliphatic heterocycles. The number of anilines is 2. The molecule has 1 fully saturated rings. The molecule has 3 N–H and O–H groups in total. The lowest BCUT2D eigenvalue weighted by atomic mass is 10.1. The molecule has 0 aromatic carbocycles. The Morgan fingerprint density at radius 3 is 2.83 bits per heavy atom. The molecule has 6 heteroatoms. The first-order valence-electron chi connectivity index (χ1n) is 6.60. The van der Waals surface area contributed by atoms with E-state index in [1.54, 1.807) is 0 Å². The van der Waals surface area contributed by atoms with E-state index < -0.39 is 0 Å². The first-order chi connectivity index (χ1) is 8.69. The molecule has 1 aromatic rings. The van der Waals surface area contributed by atoms with Crippen LogP contribution in [0.4, 0.5) is 11.9 Å². The van der Waals surface area contributed by atoms with Gasteiger partial charge >= 0.3 is 6.01 Å². The third kappa shape index (κ3) is 3.21. The van der Waals surface area contributed by atoms with Crippen LogP contribution in [0.25, 0.3) is 0 Å². The van der Waals surface area contributed by atoms with E-state index in [1.807, 2.05) is 6.92 Å². The summed E-state index contributed by atoms with van der Waals surface area (Å²) in [4.78, 5) is 12.3. The number of hydrogen-bond donors (Lipinski definition) is 2. The number of nitrogens with two attached hydrogens (primary N) is 1. The first kappa shape index (κ1) is 12.9. The average Bonchev–Trinajstić information content (AvgIpc) is 2.72. The van der Waals surface area contributed by atoms with E-state index in [9.17, 15) is 0 Å². The lowest BCUT2D eigenvalue weighted by molar-refractivity contribution is 0.292. The van der Waals surface area contributed by atoms with Gasteiger partial charge < -0.3 is 15.8 Å². The van der Waals surface area contributed by atoms with Crippen LogP contribution in [0, 0.1) is 5.92 Å². The predicted molar refractivity (Wildman–Crippen MR) is 70.5 cm³/mol. The summed E-state index contributed by atoms with van der Waals surface area (Å²) in [5.74, 6) is 1.36. The Bertz CT molecular complexity index is 398. The fourth-order valence-electron chi connectivity index (χ4n) is 2.22. The lowest BCUT2D eigenvalue weighted by Gasteiger charge is -2.17.